The van der Waals surface area contributed by atoms with Crippen LogP contribution in [0.5, 0.6) is 0 Å². The summed E-state index contributed by atoms with van der Waals surface area (Å²) in [4.78, 5) is 11.6. The summed E-state index contributed by atoms with van der Waals surface area (Å²) >= 11 is 0. The lowest BCUT2D eigenvalue weighted by atomic mass is 9.65. The minimum Gasteiger partial charge on any atom is -0.295 e. The maximum atomic E-state index is 11.6. The Hall–Kier alpha value is -0.850. The molecule has 0 aromatic rings. The molecule has 2 rings (SSSR count). The van der Waals surface area contributed by atoms with Crippen molar-refractivity contribution < 1.29 is 4.79 Å². The van der Waals surface area contributed by atoms with Crippen molar-refractivity contribution in [2.24, 2.45) is 11.3 Å². The van der Waals surface area contributed by atoms with Crippen molar-refractivity contribution in [1.29, 1.82) is 0 Å². The van der Waals surface area contributed by atoms with Crippen LogP contribution in [0.4, 0.5) is 0 Å². The van der Waals surface area contributed by atoms with E-state index in [1.807, 2.05) is 6.08 Å². The molecule has 0 saturated heterocycles. The van der Waals surface area contributed by atoms with Gasteiger partial charge in [0.05, 0.1) is 0 Å². The van der Waals surface area contributed by atoms with E-state index in [0.29, 0.717) is 17.1 Å². The van der Waals surface area contributed by atoms with E-state index in [4.69, 9.17) is 0 Å². The molecule has 0 aromatic heterocycles. The second-order valence-corrected chi connectivity index (χ2v) is 5.84. The second-order valence-electron chi connectivity index (χ2n) is 5.84. The SMILES string of the molecule is CC1=CC(=O)CC(C)[C@@]12CCC(=C(C)C)C2. The van der Waals surface area contributed by atoms with E-state index in [2.05, 4.69) is 27.7 Å². The molecule has 1 fully saturated rings. The van der Waals surface area contributed by atoms with Gasteiger partial charge in [0, 0.05) is 6.42 Å². The zero-order valence-corrected chi connectivity index (χ0v) is 10.9. The maximum Gasteiger partial charge on any atom is 0.155 e. The summed E-state index contributed by atoms with van der Waals surface area (Å²) in [6, 6.07) is 0. The van der Waals surface area contributed by atoms with Gasteiger partial charge in [-0.25, -0.2) is 0 Å². The van der Waals surface area contributed by atoms with Crippen LogP contribution in [0.15, 0.2) is 22.8 Å². The molecular formula is C15H22O. The van der Waals surface area contributed by atoms with E-state index in [1.54, 1.807) is 5.57 Å². The van der Waals surface area contributed by atoms with Crippen LogP contribution in [0, 0.1) is 11.3 Å². The lowest BCUT2D eigenvalue weighted by Gasteiger charge is -2.39. The van der Waals surface area contributed by atoms with Crippen LogP contribution < -0.4 is 0 Å². The molecule has 16 heavy (non-hydrogen) atoms. The van der Waals surface area contributed by atoms with Crippen molar-refractivity contribution in [3.8, 4) is 0 Å². The highest BCUT2D eigenvalue weighted by Gasteiger charge is 2.45. The molecule has 88 valence electrons. The lowest BCUT2D eigenvalue weighted by molar-refractivity contribution is -0.117. The van der Waals surface area contributed by atoms with Gasteiger partial charge in [-0.15, -0.1) is 0 Å². The average Bonchev–Trinajstić information content (AvgIpc) is 2.60. The minimum absolute atomic E-state index is 0.306. The lowest BCUT2D eigenvalue weighted by Crippen LogP contribution is -2.32. The summed E-state index contributed by atoms with van der Waals surface area (Å²) < 4.78 is 0. The largest absolute Gasteiger partial charge is 0.295 e. The Morgan fingerprint density at radius 1 is 1.44 bits per heavy atom. The Labute approximate surface area is 98.6 Å². The van der Waals surface area contributed by atoms with Crippen LogP contribution in [-0.2, 0) is 4.79 Å². The van der Waals surface area contributed by atoms with Crippen LogP contribution in [-0.4, -0.2) is 5.78 Å². The molecule has 0 bridgehead atoms. The third kappa shape index (κ3) is 1.66. The van der Waals surface area contributed by atoms with Gasteiger partial charge in [0.2, 0.25) is 0 Å². The molecule has 0 aliphatic heterocycles. The molecule has 0 radical (unpaired) electrons. The third-order valence-electron chi connectivity index (χ3n) is 4.72. The average molecular weight is 218 g/mol. The maximum absolute atomic E-state index is 11.6. The van der Waals surface area contributed by atoms with Gasteiger partial charge in [0.15, 0.2) is 5.78 Å². The van der Waals surface area contributed by atoms with Gasteiger partial charge in [-0.3, -0.25) is 4.79 Å². The number of hydrogen-bond acceptors (Lipinski definition) is 1. The van der Waals surface area contributed by atoms with E-state index in [1.165, 1.54) is 30.4 Å². The Bertz CT molecular complexity index is 382. The van der Waals surface area contributed by atoms with Gasteiger partial charge < -0.3 is 0 Å². The molecule has 0 amide bonds. The molecule has 1 heteroatoms. The van der Waals surface area contributed by atoms with Gasteiger partial charge in [0.25, 0.3) is 0 Å². The molecule has 1 spiro atoms. The molecule has 2 aliphatic rings. The fourth-order valence-electron chi connectivity index (χ4n) is 3.45. The highest BCUT2D eigenvalue weighted by Crippen LogP contribution is 2.55. The predicted octanol–water partition coefficient (Wildman–Crippen LogP) is 4.05. The van der Waals surface area contributed by atoms with E-state index in [9.17, 15) is 4.79 Å². The van der Waals surface area contributed by atoms with E-state index >= 15 is 0 Å². The molecule has 0 N–H and O–H groups in total. The number of ketones is 1. The minimum atomic E-state index is 0.306. The Kier molecular flexibility index (Phi) is 2.81. The van der Waals surface area contributed by atoms with Gasteiger partial charge >= 0.3 is 0 Å². The van der Waals surface area contributed by atoms with E-state index in [0.717, 1.165) is 6.42 Å². The quantitative estimate of drug-likeness (QED) is 0.561. The van der Waals surface area contributed by atoms with E-state index in [-0.39, 0.29) is 0 Å². The first-order chi connectivity index (χ1) is 7.45. The fourth-order valence-corrected chi connectivity index (χ4v) is 3.45. The van der Waals surface area contributed by atoms with E-state index < -0.39 is 0 Å². The first-order valence-corrected chi connectivity index (χ1v) is 6.32. The first-order valence-electron chi connectivity index (χ1n) is 6.32. The molecule has 0 heterocycles. The highest BCUT2D eigenvalue weighted by atomic mass is 16.1. The van der Waals surface area contributed by atoms with Crippen molar-refractivity contribution in [3.05, 3.63) is 22.8 Å². The van der Waals surface area contributed by atoms with Crippen LogP contribution >= 0.6 is 0 Å². The Morgan fingerprint density at radius 3 is 2.62 bits per heavy atom. The summed E-state index contributed by atoms with van der Waals surface area (Å²) in [7, 11) is 0. The fraction of sp³-hybridized carbons (Fsp3) is 0.667. The number of hydrogen-bond donors (Lipinski definition) is 0. The van der Waals surface area contributed by atoms with Crippen molar-refractivity contribution in [1.82, 2.24) is 0 Å². The molecule has 1 unspecified atom stereocenters. The summed E-state index contributed by atoms with van der Waals surface area (Å²) in [5, 5.41) is 0. The summed E-state index contributed by atoms with van der Waals surface area (Å²) in [5.41, 5.74) is 4.73. The van der Waals surface area contributed by atoms with Crippen LogP contribution in [0.2, 0.25) is 0 Å². The van der Waals surface area contributed by atoms with Crippen LogP contribution in [0.1, 0.15) is 53.4 Å². The smallest absolute Gasteiger partial charge is 0.155 e. The number of allylic oxidation sites excluding steroid dienone is 4. The third-order valence-corrected chi connectivity index (χ3v) is 4.72. The predicted molar refractivity (Wildman–Crippen MR) is 67.2 cm³/mol. The number of carbonyl (C=O) groups excluding carboxylic acids is 1. The van der Waals surface area contributed by atoms with Crippen molar-refractivity contribution >= 4 is 5.78 Å². The monoisotopic (exact) mass is 218 g/mol. The highest BCUT2D eigenvalue weighted by molar-refractivity contribution is 5.91. The molecule has 2 aliphatic carbocycles. The Balaban J connectivity index is 2.37. The molecule has 1 nitrogen and oxygen atoms in total. The van der Waals surface area contributed by atoms with Crippen molar-refractivity contribution in [2.75, 3.05) is 0 Å². The van der Waals surface area contributed by atoms with Crippen molar-refractivity contribution in [2.45, 2.75) is 53.4 Å². The van der Waals surface area contributed by atoms with Gasteiger partial charge in [-0.1, -0.05) is 23.6 Å². The topological polar surface area (TPSA) is 17.1 Å². The number of carbonyl (C=O) groups is 1. The van der Waals surface area contributed by atoms with Gasteiger partial charge in [-0.2, -0.15) is 0 Å². The standard InChI is InChI=1S/C15H22O/c1-10(2)13-5-6-15(9-13)11(3)7-14(16)8-12(15)4/h7,12H,5-6,8-9H2,1-4H3/t12?,15-/m1/s1. The molecular weight excluding hydrogens is 196 g/mol. The summed E-state index contributed by atoms with van der Waals surface area (Å²) in [6.45, 7) is 8.84. The zero-order chi connectivity index (χ0) is 11.9. The van der Waals surface area contributed by atoms with Crippen LogP contribution in [0.3, 0.4) is 0 Å². The zero-order valence-electron chi connectivity index (χ0n) is 10.9. The number of rotatable bonds is 0. The molecule has 1 saturated carbocycles. The second kappa shape index (κ2) is 3.87. The molecule has 0 aromatic carbocycles. The van der Waals surface area contributed by atoms with Crippen LogP contribution in [0.25, 0.3) is 0 Å². The Morgan fingerprint density at radius 2 is 2.12 bits per heavy atom. The summed E-state index contributed by atoms with van der Waals surface area (Å²) in [6.07, 6.45) is 6.30. The van der Waals surface area contributed by atoms with Gasteiger partial charge in [-0.05, 0) is 57.4 Å². The molecule has 2 atom stereocenters. The normalized spacial score (nSPS) is 34.5. The summed E-state index contributed by atoms with van der Waals surface area (Å²) in [5.74, 6) is 0.836. The first kappa shape index (κ1) is 11.6. The van der Waals surface area contributed by atoms with Crippen molar-refractivity contribution in [3.63, 3.8) is 0 Å². The van der Waals surface area contributed by atoms with Gasteiger partial charge in [0.1, 0.15) is 0 Å².